The van der Waals surface area contributed by atoms with E-state index in [4.69, 9.17) is 4.74 Å². The maximum atomic E-state index is 13.4. The van der Waals surface area contributed by atoms with Gasteiger partial charge in [0.2, 0.25) is 0 Å². The van der Waals surface area contributed by atoms with Crippen molar-refractivity contribution in [1.29, 1.82) is 0 Å². The topological polar surface area (TPSA) is 55.4 Å². The summed E-state index contributed by atoms with van der Waals surface area (Å²) in [7, 11) is 0. The third-order valence-electron chi connectivity index (χ3n) is 3.01. The van der Waals surface area contributed by atoms with Crippen molar-refractivity contribution in [1.82, 2.24) is 0 Å². The fraction of sp³-hybridized carbons (Fsp3) is 0.125. The van der Waals surface area contributed by atoms with Crippen LogP contribution in [0.25, 0.3) is 0 Å². The van der Waals surface area contributed by atoms with E-state index in [1.807, 2.05) is 5.32 Å². The molecule has 0 fully saturated rings. The number of nitrogens with one attached hydrogen (secondary N) is 1. The summed E-state index contributed by atoms with van der Waals surface area (Å²) >= 11 is 0. The predicted molar refractivity (Wildman–Crippen MR) is 76.4 cm³/mol. The fourth-order valence-electron chi connectivity index (χ4n) is 1.82. The smallest absolute Gasteiger partial charge is 0.338 e. The van der Waals surface area contributed by atoms with Gasteiger partial charge in [-0.05, 0) is 30.7 Å². The van der Waals surface area contributed by atoms with E-state index in [2.05, 4.69) is 0 Å². The molecular formula is C16H12F3NO3. The van der Waals surface area contributed by atoms with E-state index in [0.29, 0.717) is 17.2 Å². The minimum Gasteiger partial charge on any atom is -0.452 e. The number of amides is 1. The second kappa shape index (κ2) is 6.95. The first kappa shape index (κ1) is 16.5. The summed E-state index contributed by atoms with van der Waals surface area (Å²) in [4.78, 5) is 23.4. The molecule has 0 aliphatic heterocycles. The number of aryl methyl sites for hydroxylation is 1. The first-order valence-corrected chi connectivity index (χ1v) is 6.56. The summed E-state index contributed by atoms with van der Waals surface area (Å²) in [5, 5.41) is 2.00. The van der Waals surface area contributed by atoms with Crippen LogP contribution in [0.1, 0.15) is 15.9 Å². The quantitative estimate of drug-likeness (QED) is 0.694. The second-order valence-corrected chi connectivity index (χ2v) is 4.66. The van der Waals surface area contributed by atoms with Gasteiger partial charge in [0, 0.05) is 0 Å². The third-order valence-corrected chi connectivity index (χ3v) is 3.01. The van der Waals surface area contributed by atoms with E-state index in [1.165, 1.54) is 6.07 Å². The number of rotatable bonds is 4. The molecule has 0 heterocycles. The lowest BCUT2D eigenvalue weighted by Crippen LogP contribution is -2.22. The molecule has 0 aromatic heterocycles. The molecule has 0 bridgehead atoms. The van der Waals surface area contributed by atoms with Crippen molar-refractivity contribution in [3.63, 3.8) is 0 Å². The van der Waals surface area contributed by atoms with Gasteiger partial charge < -0.3 is 10.1 Å². The summed E-state index contributed by atoms with van der Waals surface area (Å²) in [5.74, 6) is -6.18. The summed E-state index contributed by atoms with van der Waals surface area (Å²) in [5.41, 5.74) is 0.421. The van der Waals surface area contributed by atoms with Crippen molar-refractivity contribution >= 4 is 17.6 Å². The Balaban J connectivity index is 1.97. The molecule has 1 N–H and O–H groups in total. The largest absolute Gasteiger partial charge is 0.452 e. The van der Waals surface area contributed by atoms with Crippen LogP contribution < -0.4 is 5.32 Å². The van der Waals surface area contributed by atoms with Crippen LogP contribution in [0.15, 0.2) is 36.4 Å². The van der Waals surface area contributed by atoms with Crippen LogP contribution in [0.3, 0.4) is 0 Å². The van der Waals surface area contributed by atoms with E-state index in [9.17, 15) is 22.8 Å². The summed E-state index contributed by atoms with van der Waals surface area (Å²) in [6.45, 7) is 1.01. The lowest BCUT2D eigenvalue weighted by Gasteiger charge is -2.09. The van der Waals surface area contributed by atoms with Crippen LogP contribution >= 0.6 is 0 Å². The molecule has 0 aliphatic rings. The van der Waals surface area contributed by atoms with Crippen molar-refractivity contribution in [3.05, 3.63) is 65.0 Å². The van der Waals surface area contributed by atoms with E-state index in [0.717, 1.165) is 6.07 Å². The van der Waals surface area contributed by atoms with Gasteiger partial charge in [-0.3, -0.25) is 4.79 Å². The molecule has 2 rings (SSSR count). The number of hydrogen-bond donors (Lipinski definition) is 1. The number of ether oxygens (including phenoxy) is 1. The molecule has 1 amide bonds. The highest BCUT2D eigenvalue weighted by Crippen LogP contribution is 2.19. The van der Waals surface area contributed by atoms with Crippen molar-refractivity contribution in [3.8, 4) is 0 Å². The van der Waals surface area contributed by atoms with Crippen LogP contribution in [-0.2, 0) is 9.53 Å². The molecule has 0 saturated heterocycles. The molecule has 0 saturated carbocycles. The Labute approximate surface area is 129 Å². The van der Waals surface area contributed by atoms with Crippen molar-refractivity contribution < 1.29 is 27.5 Å². The highest BCUT2D eigenvalue weighted by Gasteiger charge is 2.16. The maximum absolute atomic E-state index is 13.4. The molecule has 0 atom stereocenters. The van der Waals surface area contributed by atoms with Crippen molar-refractivity contribution in [2.45, 2.75) is 6.92 Å². The van der Waals surface area contributed by atoms with Gasteiger partial charge in [-0.1, -0.05) is 18.2 Å². The zero-order valence-corrected chi connectivity index (χ0v) is 12.0. The molecule has 0 aliphatic carbocycles. The minimum atomic E-state index is -1.69. The lowest BCUT2D eigenvalue weighted by molar-refractivity contribution is -0.119. The monoisotopic (exact) mass is 323 g/mol. The Kier molecular flexibility index (Phi) is 5.00. The Bertz CT molecular complexity index is 762. The zero-order valence-electron chi connectivity index (χ0n) is 12.0. The van der Waals surface area contributed by atoms with Gasteiger partial charge >= 0.3 is 5.97 Å². The third kappa shape index (κ3) is 3.88. The molecule has 0 radical (unpaired) electrons. The number of hydrogen-bond acceptors (Lipinski definition) is 3. The van der Waals surface area contributed by atoms with E-state index < -0.39 is 41.6 Å². The first-order valence-electron chi connectivity index (χ1n) is 6.56. The molecule has 0 spiro atoms. The van der Waals surface area contributed by atoms with Gasteiger partial charge in [0.1, 0.15) is 0 Å². The van der Waals surface area contributed by atoms with Gasteiger partial charge in [0.25, 0.3) is 5.91 Å². The Morgan fingerprint density at radius 1 is 1.04 bits per heavy atom. The SMILES string of the molecule is Cc1ccccc1C(=O)OCC(=O)Nc1ccc(F)c(F)c1F. The van der Waals surface area contributed by atoms with Gasteiger partial charge in [0.05, 0.1) is 11.3 Å². The summed E-state index contributed by atoms with van der Waals surface area (Å²) in [6.07, 6.45) is 0. The van der Waals surface area contributed by atoms with Gasteiger partial charge in [-0.25, -0.2) is 18.0 Å². The van der Waals surface area contributed by atoms with Gasteiger partial charge in [-0.15, -0.1) is 0 Å². The van der Waals surface area contributed by atoms with Gasteiger partial charge in [0.15, 0.2) is 24.1 Å². The summed E-state index contributed by atoms with van der Waals surface area (Å²) in [6, 6.07) is 8.16. The van der Waals surface area contributed by atoms with Crippen LogP contribution in [0.5, 0.6) is 0 Å². The number of benzene rings is 2. The number of carbonyl (C=O) groups is 2. The molecule has 120 valence electrons. The Hall–Kier alpha value is -2.83. The number of esters is 1. The minimum absolute atomic E-state index is 0.291. The molecule has 4 nitrogen and oxygen atoms in total. The molecule has 2 aromatic carbocycles. The second-order valence-electron chi connectivity index (χ2n) is 4.66. The van der Waals surface area contributed by atoms with E-state index in [-0.39, 0.29) is 0 Å². The Morgan fingerprint density at radius 3 is 2.43 bits per heavy atom. The average molecular weight is 323 g/mol. The van der Waals surface area contributed by atoms with Crippen molar-refractivity contribution in [2.75, 3.05) is 11.9 Å². The number of halogens is 3. The average Bonchev–Trinajstić information content (AvgIpc) is 2.53. The predicted octanol–water partition coefficient (Wildman–Crippen LogP) is 3.21. The molecule has 23 heavy (non-hydrogen) atoms. The van der Waals surface area contributed by atoms with Crippen LogP contribution in [-0.4, -0.2) is 18.5 Å². The molecule has 7 heteroatoms. The van der Waals surface area contributed by atoms with Crippen LogP contribution in [0, 0.1) is 24.4 Å². The van der Waals surface area contributed by atoms with Crippen LogP contribution in [0.2, 0.25) is 0 Å². The Morgan fingerprint density at radius 2 is 1.74 bits per heavy atom. The zero-order chi connectivity index (χ0) is 17.0. The summed E-state index contributed by atoms with van der Waals surface area (Å²) < 4.78 is 44.0. The highest BCUT2D eigenvalue weighted by molar-refractivity contribution is 5.96. The van der Waals surface area contributed by atoms with Crippen molar-refractivity contribution in [2.24, 2.45) is 0 Å². The van der Waals surface area contributed by atoms with Crippen LogP contribution in [0.4, 0.5) is 18.9 Å². The first-order chi connectivity index (χ1) is 10.9. The molecule has 2 aromatic rings. The number of carbonyl (C=O) groups excluding carboxylic acids is 2. The fourth-order valence-corrected chi connectivity index (χ4v) is 1.82. The molecule has 0 unspecified atom stereocenters. The van der Waals surface area contributed by atoms with Gasteiger partial charge in [-0.2, -0.15) is 0 Å². The normalized spacial score (nSPS) is 10.3. The number of anilines is 1. The highest BCUT2D eigenvalue weighted by atomic mass is 19.2. The maximum Gasteiger partial charge on any atom is 0.338 e. The standard InChI is InChI=1S/C16H12F3NO3/c1-9-4-2-3-5-10(9)16(22)23-8-13(21)20-12-7-6-11(17)14(18)15(12)19/h2-7H,8H2,1H3,(H,20,21). The molecular weight excluding hydrogens is 311 g/mol. The van der Waals surface area contributed by atoms with E-state index >= 15 is 0 Å². The lowest BCUT2D eigenvalue weighted by atomic mass is 10.1. The van der Waals surface area contributed by atoms with E-state index in [1.54, 1.807) is 25.1 Å².